The molecular weight excluding hydrogens is 267 g/mol. The van der Waals surface area contributed by atoms with Crippen LogP contribution in [0, 0.1) is 0 Å². The molecule has 0 radical (unpaired) electrons. The lowest BCUT2D eigenvalue weighted by atomic mass is 9.91. The summed E-state index contributed by atoms with van der Waals surface area (Å²) in [5, 5.41) is 9.17. The van der Waals surface area contributed by atoms with Gasteiger partial charge in [0.05, 0.1) is 0 Å². The fourth-order valence-corrected chi connectivity index (χ4v) is 1.61. The molecule has 0 bridgehead atoms. The second-order valence-electron chi connectivity index (χ2n) is 3.71. The maximum atomic E-state index is 12.0. The molecule has 1 aliphatic heterocycles. The summed E-state index contributed by atoms with van der Waals surface area (Å²) < 4.78 is 39.7. The molecule has 1 unspecified atom stereocenters. The fourth-order valence-electron chi connectivity index (χ4n) is 1.61. The third-order valence-corrected chi connectivity index (χ3v) is 2.49. The second-order valence-corrected chi connectivity index (χ2v) is 3.71. The van der Waals surface area contributed by atoms with Crippen molar-refractivity contribution >= 4 is 5.97 Å². The van der Waals surface area contributed by atoms with Crippen LogP contribution in [0.4, 0.5) is 13.2 Å². The number of carbonyl (C=O) groups is 1. The number of benzene rings is 1. The van der Waals surface area contributed by atoms with E-state index in [2.05, 4.69) is 15.1 Å². The Kier molecular flexibility index (Phi) is 3.11. The first-order chi connectivity index (χ1) is 8.83. The van der Waals surface area contributed by atoms with E-state index in [0.29, 0.717) is 0 Å². The predicted octanol–water partition coefficient (Wildman–Crippen LogP) is 1.91. The lowest BCUT2D eigenvalue weighted by Crippen LogP contribution is -2.43. The van der Waals surface area contributed by atoms with Gasteiger partial charge in [-0.05, 0) is 23.8 Å². The number of aliphatic carboxylic acids is 1. The molecule has 19 heavy (non-hydrogen) atoms. The Balaban J connectivity index is 2.27. The minimum absolute atomic E-state index is 0.211. The van der Waals surface area contributed by atoms with Gasteiger partial charge in [-0.15, -0.1) is 18.7 Å². The van der Waals surface area contributed by atoms with E-state index in [0.717, 1.165) is 18.4 Å². The zero-order chi connectivity index (χ0) is 14.1. The molecule has 5 nitrogen and oxygen atoms in total. The van der Waals surface area contributed by atoms with Crippen LogP contribution in [0.1, 0.15) is 5.56 Å². The molecule has 0 saturated heterocycles. The molecule has 1 atom stereocenters. The van der Waals surface area contributed by atoms with Gasteiger partial charge in [0, 0.05) is 0 Å². The summed E-state index contributed by atoms with van der Waals surface area (Å²) in [5.41, 5.74) is 0.877. The number of hydrogen-bond donors (Lipinski definition) is 2. The van der Waals surface area contributed by atoms with Gasteiger partial charge in [-0.3, -0.25) is 0 Å². The zero-order valence-corrected chi connectivity index (χ0v) is 9.27. The summed E-state index contributed by atoms with van der Waals surface area (Å²) in [4.78, 5) is 15.9. The van der Waals surface area contributed by atoms with E-state index in [-0.39, 0.29) is 5.56 Å². The number of halogens is 3. The summed E-state index contributed by atoms with van der Waals surface area (Å²) in [7, 11) is 0. The maximum Gasteiger partial charge on any atom is 0.573 e. The monoisotopic (exact) mass is 275 g/mol. The average Bonchev–Trinajstić information content (AvgIpc) is 2.78. The van der Waals surface area contributed by atoms with Crippen molar-refractivity contribution in [3.8, 4) is 5.75 Å². The van der Waals surface area contributed by atoms with Gasteiger partial charge in [-0.1, -0.05) is 12.1 Å². The van der Waals surface area contributed by atoms with E-state index in [1.807, 2.05) is 0 Å². The van der Waals surface area contributed by atoms with E-state index in [1.54, 1.807) is 0 Å². The van der Waals surface area contributed by atoms with Crippen molar-refractivity contribution in [1.29, 1.82) is 0 Å². The minimum Gasteiger partial charge on any atom is -0.479 e. The highest BCUT2D eigenvalue weighted by molar-refractivity contribution is 5.83. The van der Waals surface area contributed by atoms with Crippen molar-refractivity contribution < 1.29 is 32.6 Å². The molecule has 0 fully saturated rings. The predicted molar refractivity (Wildman–Crippen MR) is 55.8 cm³/mol. The molecule has 8 heteroatoms. The van der Waals surface area contributed by atoms with Crippen LogP contribution in [0.3, 0.4) is 0 Å². The molecule has 1 aromatic carbocycles. The highest BCUT2D eigenvalue weighted by Gasteiger charge is 2.42. The SMILES string of the molecule is O=C(O)C1(c2ccc(OC(F)(F)F)cc2)C=CON1. The fraction of sp³-hybridized carbons (Fsp3) is 0.182. The van der Waals surface area contributed by atoms with E-state index in [4.69, 9.17) is 5.11 Å². The van der Waals surface area contributed by atoms with Crippen LogP contribution in [-0.2, 0) is 15.2 Å². The Morgan fingerprint density at radius 3 is 2.37 bits per heavy atom. The summed E-state index contributed by atoms with van der Waals surface area (Å²) in [6, 6.07) is 4.48. The van der Waals surface area contributed by atoms with E-state index in [1.165, 1.54) is 18.2 Å². The first-order valence-corrected chi connectivity index (χ1v) is 5.04. The Hall–Kier alpha value is -2.22. The van der Waals surface area contributed by atoms with Crippen LogP contribution in [0.15, 0.2) is 36.6 Å². The minimum atomic E-state index is -4.79. The normalized spacial score (nSPS) is 22.1. The number of hydrogen-bond acceptors (Lipinski definition) is 4. The van der Waals surface area contributed by atoms with Crippen molar-refractivity contribution in [2.24, 2.45) is 0 Å². The largest absolute Gasteiger partial charge is 0.573 e. The Morgan fingerprint density at radius 1 is 1.32 bits per heavy atom. The summed E-state index contributed by atoms with van der Waals surface area (Å²) in [6.45, 7) is 0. The number of carboxylic acids is 1. The van der Waals surface area contributed by atoms with Gasteiger partial charge < -0.3 is 14.7 Å². The molecule has 0 aliphatic carbocycles. The number of carboxylic acid groups (broad SMARTS) is 1. The number of ether oxygens (including phenoxy) is 1. The number of nitrogens with one attached hydrogen (secondary N) is 1. The smallest absolute Gasteiger partial charge is 0.479 e. The molecule has 2 rings (SSSR count). The van der Waals surface area contributed by atoms with Gasteiger partial charge in [-0.2, -0.15) is 0 Å². The average molecular weight is 275 g/mol. The Bertz CT molecular complexity index is 512. The summed E-state index contributed by atoms with van der Waals surface area (Å²) >= 11 is 0. The van der Waals surface area contributed by atoms with Gasteiger partial charge in [0.2, 0.25) is 0 Å². The van der Waals surface area contributed by atoms with Crippen molar-refractivity contribution in [3.63, 3.8) is 0 Å². The zero-order valence-electron chi connectivity index (χ0n) is 9.27. The van der Waals surface area contributed by atoms with Crippen molar-refractivity contribution in [2.45, 2.75) is 11.9 Å². The second kappa shape index (κ2) is 4.47. The van der Waals surface area contributed by atoms with Crippen LogP contribution >= 0.6 is 0 Å². The third-order valence-electron chi connectivity index (χ3n) is 2.49. The lowest BCUT2D eigenvalue weighted by Gasteiger charge is -2.21. The van der Waals surface area contributed by atoms with Crippen molar-refractivity contribution in [1.82, 2.24) is 5.48 Å². The lowest BCUT2D eigenvalue weighted by molar-refractivity contribution is -0.274. The first kappa shape index (κ1) is 13.2. The molecule has 1 aromatic rings. The topological polar surface area (TPSA) is 67.8 Å². The van der Waals surface area contributed by atoms with Crippen molar-refractivity contribution in [2.75, 3.05) is 0 Å². The van der Waals surface area contributed by atoms with Gasteiger partial charge in [0.1, 0.15) is 12.0 Å². The summed E-state index contributed by atoms with van der Waals surface area (Å²) in [5.74, 6) is -1.68. The number of rotatable bonds is 3. The van der Waals surface area contributed by atoms with E-state index < -0.39 is 23.6 Å². The molecule has 0 saturated carbocycles. The van der Waals surface area contributed by atoms with Gasteiger partial charge in [0.15, 0.2) is 5.54 Å². The van der Waals surface area contributed by atoms with Gasteiger partial charge in [-0.25, -0.2) is 4.79 Å². The van der Waals surface area contributed by atoms with Crippen LogP contribution in [0.25, 0.3) is 0 Å². The Morgan fingerprint density at radius 2 is 1.95 bits per heavy atom. The number of alkyl halides is 3. The van der Waals surface area contributed by atoms with Crippen LogP contribution in [-0.4, -0.2) is 17.4 Å². The maximum absolute atomic E-state index is 12.0. The van der Waals surface area contributed by atoms with Gasteiger partial charge >= 0.3 is 12.3 Å². The molecular formula is C11H8F3NO4. The van der Waals surface area contributed by atoms with Crippen LogP contribution < -0.4 is 10.2 Å². The first-order valence-electron chi connectivity index (χ1n) is 5.04. The van der Waals surface area contributed by atoms with Crippen LogP contribution in [0.5, 0.6) is 5.75 Å². The highest BCUT2D eigenvalue weighted by Crippen LogP contribution is 2.30. The quantitative estimate of drug-likeness (QED) is 0.882. The summed E-state index contributed by atoms with van der Waals surface area (Å²) in [6.07, 6.45) is -2.40. The highest BCUT2D eigenvalue weighted by atomic mass is 19.4. The molecule has 0 amide bonds. The molecule has 2 N–H and O–H groups in total. The van der Waals surface area contributed by atoms with E-state index >= 15 is 0 Å². The number of hydroxylamine groups is 1. The van der Waals surface area contributed by atoms with E-state index in [9.17, 15) is 18.0 Å². The van der Waals surface area contributed by atoms with Gasteiger partial charge in [0.25, 0.3) is 0 Å². The molecule has 1 aliphatic rings. The standard InChI is InChI=1S/C11H8F3NO4/c12-11(13,14)19-8-3-1-7(2-4-8)10(9(16)17)5-6-18-15-10/h1-6,15H,(H,16,17). The van der Waals surface area contributed by atoms with Crippen molar-refractivity contribution in [3.05, 3.63) is 42.2 Å². The third kappa shape index (κ3) is 2.63. The molecule has 0 spiro atoms. The molecule has 102 valence electrons. The Labute approximate surface area is 105 Å². The molecule has 0 aromatic heterocycles. The van der Waals surface area contributed by atoms with Crippen LogP contribution in [0.2, 0.25) is 0 Å². The molecule has 1 heterocycles.